The largest absolute Gasteiger partial charge is 0.485 e. The normalized spacial score (nSPS) is 22.4. The van der Waals surface area contributed by atoms with E-state index in [-0.39, 0.29) is 17.8 Å². The number of amides is 1. The molecule has 2 aliphatic rings. The van der Waals surface area contributed by atoms with Crippen molar-refractivity contribution in [3.63, 3.8) is 0 Å². The molecule has 1 aromatic carbocycles. The summed E-state index contributed by atoms with van der Waals surface area (Å²) in [7, 11) is -3.03. The fraction of sp³-hybridized carbons (Fsp3) is 0.533. The zero-order valence-corrected chi connectivity index (χ0v) is 13.2. The number of piperidine rings is 1. The van der Waals surface area contributed by atoms with E-state index in [9.17, 15) is 13.2 Å². The number of sulfone groups is 1. The molecule has 1 aromatic rings. The second-order valence-corrected chi connectivity index (χ2v) is 8.04. The number of carbonyl (C=O) groups is 1. The van der Waals surface area contributed by atoms with Crippen LogP contribution in [0.25, 0.3) is 0 Å². The molecule has 3 rings (SSSR count). The summed E-state index contributed by atoms with van der Waals surface area (Å²) in [6, 6.07) is 7.24. The van der Waals surface area contributed by atoms with E-state index < -0.39 is 15.9 Å². The lowest BCUT2D eigenvalue weighted by Gasteiger charge is -2.34. The Balaban J connectivity index is 1.62. The summed E-state index contributed by atoms with van der Waals surface area (Å²) in [5, 5.41) is -0.346. The number of fused-ring (bicyclic) bond motifs is 1. The van der Waals surface area contributed by atoms with E-state index in [4.69, 9.17) is 9.47 Å². The van der Waals surface area contributed by atoms with Gasteiger partial charge in [-0.3, -0.25) is 4.79 Å². The van der Waals surface area contributed by atoms with Crippen LogP contribution in [0.1, 0.15) is 12.8 Å². The Kier molecular flexibility index (Phi) is 3.99. The third-order valence-electron chi connectivity index (χ3n) is 4.14. The molecule has 0 bridgehead atoms. The van der Waals surface area contributed by atoms with Crippen LogP contribution in [0.2, 0.25) is 0 Å². The lowest BCUT2D eigenvalue weighted by molar-refractivity contribution is -0.142. The van der Waals surface area contributed by atoms with Crippen LogP contribution >= 0.6 is 0 Å². The molecule has 0 aromatic heterocycles. The second kappa shape index (κ2) is 5.79. The Labute approximate surface area is 129 Å². The van der Waals surface area contributed by atoms with Crippen molar-refractivity contribution in [2.45, 2.75) is 24.2 Å². The molecule has 0 spiro atoms. The quantitative estimate of drug-likeness (QED) is 0.806. The number of para-hydroxylation sites is 2. The van der Waals surface area contributed by atoms with Crippen LogP contribution < -0.4 is 9.47 Å². The Morgan fingerprint density at radius 3 is 2.45 bits per heavy atom. The predicted molar refractivity (Wildman–Crippen MR) is 80.8 cm³/mol. The third kappa shape index (κ3) is 3.04. The number of benzene rings is 1. The molecule has 120 valence electrons. The zero-order valence-electron chi connectivity index (χ0n) is 12.4. The summed E-state index contributed by atoms with van der Waals surface area (Å²) >= 11 is 0. The van der Waals surface area contributed by atoms with Gasteiger partial charge in [0.25, 0.3) is 5.91 Å². The van der Waals surface area contributed by atoms with Crippen molar-refractivity contribution < 1.29 is 22.7 Å². The van der Waals surface area contributed by atoms with Gasteiger partial charge in [0.05, 0.1) is 5.25 Å². The van der Waals surface area contributed by atoms with Gasteiger partial charge in [-0.25, -0.2) is 8.42 Å². The maximum atomic E-state index is 12.5. The average Bonchev–Trinajstić information content (AvgIpc) is 2.53. The number of nitrogens with zero attached hydrogens (tertiary/aromatic N) is 1. The molecule has 2 heterocycles. The van der Waals surface area contributed by atoms with Crippen LogP contribution in [-0.2, 0) is 14.6 Å². The van der Waals surface area contributed by atoms with Crippen molar-refractivity contribution in [2.75, 3.05) is 26.0 Å². The predicted octanol–water partition coefficient (Wildman–Crippen LogP) is 0.862. The molecule has 0 N–H and O–H groups in total. The fourth-order valence-electron chi connectivity index (χ4n) is 2.85. The van der Waals surface area contributed by atoms with Crippen molar-refractivity contribution in [1.29, 1.82) is 0 Å². The van der Waals surface area contributed by atoms with E-state index in [1.807, 2.05) is 12.1 Å². The minimum atomic E-state index is -3.03. The number of hydrogen-bond acceptors (Lipinski definition) is 5. The maximum Gasteiger partial charge on any atom is 0.267 e. The van der Waals surface area contributed by atoms with Crippen LogP contribution in [-0.4, -0.2) is 56.5 Å². The first-order valence-corrected chi connectivity index (χ1v) is 9.27. The molecule has 0 radical (unpaired) electrons. The highest BCUT2D eigenvalue weighted by Crippen LogP contribution is 2.31. The van der Waals surface area contributed by atoms with Gasteiger partial charge in [0.15, 0.2) is 11.5 Å². The number of ether oxygens (including phenoxy) is 2. The molecule has 2 aliphatic heterocycles. The van der Waals surface area contributed by atoms with Gasteiger partial charge in [0, 0.05) is 19.3 Å². The van der Waals surface area contributed by atoms with E-state index in [2.05, 4.69) is 0 Å². The maximum absolute atomic E-state index is 12.5. The van der Waals surface area contributed by atoms with Gasteiger partial charge in [-0.2, -0.15) is 0 Å². The van der Waals surface area contributed by atoms with Crippen molar-refractivity contribution in [1.82, 2.24) is 4.90 Å². The molecule has 0 unspecified atom stereocenters. The van der Waals surface area contributed by atoms with Crippen molar-refractivity contribution >= 4 is 15.7 Å². The van der Waals surface area contributed by atoms with E-state index in [1.165, 1.54) is 6.26 Å². The fourth-order valence-corrected chi connectivity index (χ4v) is 3.92. The zero-order chi connectivity index (χ0) is 15.7. The standard InChI is InChI=1S/C15H19NO5S/c1-22(18,19)11-6-8-16(9-7-11)15(17)14-10-20-12-4-2-3-5-13(12)21-14/h2-5,11,14H,6-10H2,1H3/t14-/m0/s1. The van der Waals surface area contributed by atoms with Gasteiger partial charge < -0.3 is 14.4 Å². The monoisotopic (exact) mass is 325 g/mol. The summed E-state index contributed by atoms with van der Waals surface area (Å²) in [6.45, 7) is 1.07. The Morgan fingerprint density at radius 1 is 1.18 bits per heavy atom. The van der Waals surface area contributed by atoms with Gasteiger partial charge in [-0.1, -0.05) is 12.1 Å². The van der Waals surface area contributed by atoms with Crippen molar-refractivity contribution in [3.05, 3.63) is 24.3 Å². The van der Waals surface area contributed by atoms with Crippen LogP contribution in [0.3, 0.4) is 0 Å². The van der Waals surface area contributed by atoms with Gasteiger partial charge in [0.1, 0.15) is 16.4 Å². The molecule has 1 atom stereocenters. The van der Waals surface area contributed by atoms with E-state index in [1.54, 1.807) is 17.0 Å². The first kappa shape index (κ1) is 15.1. The molecule has 1 fully saturated rings. The van der Waals surface area contributed by atoms with Gasteiger partial charge in [-0.15, -0.1) is 0 Å². The van der Waals surface area contributed by atoms with Crippen LogP contribution in [0.15, 0.2) is 24.3 Å². The minimum Gasteiger partial charge on any atom is -0.485 e. The van der Waals surface area contributed by atoms with E-state index in [0.717, 1.165) is 0 Å². The highest BCUT2D eigenvalue weighted by atomic mass is 32.2. The number of rotatable bonds is 2. The van der Waals surface area contributed by atoms with Crippen molar-refractivity contribution in [3.8, 4) is 11.5 Å². The lowest BCUT2D eigenvalue weighted by atomic mass is 10.1. The molecule has 7 heteroatoms. The molecule has 0 saturated carbocycles. The topological polar surface area (TPSA) is 72.9 Å². The van der Waals surface area contributed by atoms with Crippen molar-refractivity contribution in [2.24, 2.45) is 0 Å². The molecule has 22 heavy (non-hydrogen) atoms. The summed E-state index contributed by atoms with van der Waals surface area (Å²) in [4.78, 5) is 14.2. The molecule has 1 saturated heterocycles. The Bertz CT molecular complexity index is 664. The summed E-state index contributed by atoms with van der Waals surface area (Å²) in [6.07, 6.45) is 1.55. The molecule has 0 aliphatic carbocycles. The van der Waals surface area contributed by atoms with E-state index >= 15 is 0 Å². The van der Waals surface area contributed by atoms with Gasteiger partial charge in [0.2, 0.25) is 6.10 Å². The van der Waals surface area contributed by atoms with Gasteiger partial charge in [-0.05, 0) is 25.0 Å². The molecular weight excluding hydrogens is 306 g/mol. The SMILES string of the molecule is CS(=O)(=O)C1CCN(C(=O)[C@@H]2COc3ccccc3O2)CC1. The second-order valence-electron chi connectivity index (χ2n) is 5.72. The molecule has 1 amide bonds. The van der Waals surface area contributed by atoms with Gasteiger partial charge >= 0.3 is 0 Å². The number of hydrogen-bond donors (Lipinski definition) is 0. The number of likely N-dealkylation sites (tertiary alicyclic amines) is 1. The average molecular weight is 325 g/mol. The molecule has 6 nitrogen and oxygen atoms in total. The first-order valence-electron chi connectivity index (χ1n) is 7.31. The lowest BCUT2D eigenvalue weighted by Crippen LogP contribution is -2.50. The van der Waals surface area contributed by atoms with E-state index in [0.29, 0.717) is 37.4 Å². The number of carbonyl (C=O) groups excluding carboxylic acids is 1. The third-order valence-corrected chi connectivity index (χ3v) is 5.83. The summed E-state index contributed by atoms with van der Waals surface area (Å²) in [5.74, 6) is 1.07. The minimum absolute atomic E-state index is 0.138. The van der Waals surface area contributed by atoms with Crippen LogP contribution in [0, 0.1) is 0 Å². The highest BCUT2D eigenvalue weighted by Gasteiger charge is 2.34. The Morgan fingerprint density at radius 2 is 1.82 bits per heavy atom. The van der Waals surface area contributed by atoms with Crippen LogP contribution in [0.5, 0.6) is 11.5 Å². The Hall–Kier alpha value is -1.76. The summed E-state index contributed by atoms with van der Waals surface area (Å²) < 4.78 is 34.4. The molecular formula is C15H19NO5S. The highest BCUT2D eigenvalue weighted by molar-refractivity contribution is 7.91. The first-order chi connectivity index (χ1) is 10.4. The smallest absolute Gasteiger partial charge is 0.267 e. The van der Waals surface area contributed by atoms with Crippen LogP contribution in [0.4, 0.5) is 0 Å². The summed E-state index contributed by atoms with van der Waals surface area (Å²) in [5.41, 5.74) is 0.